The summed E-state index contributed by atoms with van der Waals surface area (Å²) in [5.74, 6) is 0.974. The maximum absolute atomic E-state index is 14.3. The van der Waals surface area contributed by atoms with Crippen LogP contribution in [-0.2, 0) is 29.3 Å². The largest absolute Gasteiger partial charge is 0.487 e. The number of anilines is 1. The van der Waals surface area contributed by atoms with E-state index in [1.807, 2.05) is 77.9 Å². The van der Waals surface area contributed by atoms with Crippen molar-refractivity contribution in [3.8, 4) is 5.75 Å². The Morgan fingerprint density at radius 3 is 2.09 bits per heavy atom. The number of sulfonamides is 1. The zero-order valence-corrected chi connectivity index (χ0v) is 26.5. The van der Waals surface area contributed by atoms with Crippen LogP contribution in [0.25, 0.3) is 0 Å². The smallest absolute Gasteiger partial charge is 0.286 e. The van der Waals surface area contributed by atoms with E-state index in [2.05, 4.69) is 51.4 Å². The summed E-state index contributed by atoms with van der Waals surface area (Å²) in [5, 5.41) is 6.89. The number of rotatable bonds is 4. The summed E-state index contributed by atoms with van der Waals surface area (Å²) in [6.45, 7) is 11.7. The van der Waals surface area contributed by atoms with Crippen LogP contribution in [0, 0.1) is 27.7 Å². The lowest BCUT2D eigenvalue weighted by atomic mass is 9.94. The van der Waals surface area contributed by atoms with Gasteiger partial charge in [-0.05, 0) is 111 Å². The molecule has 6 nitrogen and oxygen atoms in total. The third-order valence-electron chi connectivity index (χ3n) is 8.72. The van der Waals surface area contributed by atoms with E-state index in [9.17, 15) is 8.42 Å². The van der Waals surface area contributed by atoms with Gasteiger partial charge in [-0.1, -0.05) is 60.7 Å². The molecule has 6 rings (SSSR count). The van der Waals surface area contributed by atoms with Crippen LogP contribution < -0.4 is 15.4 Å². The highest BCUT2D eigenvalue weighted by atomic mass is 32.2. The minimum absolute atomic E-state index is 0.177. The lowest BCUT2D eigenvalue weighted by molar-refractivity contribution is 0.137. The molecule has 2 aliphatic rings. The van der Waals surface area contributed by atoms with Crippen molar-refractivity contribution in [3.05, 3.63) is 123 Å². The van der Waals surface area contributed by atoms with Crippen molar-refractivity contribution in [1.29, 1.82) is 0 Å². The molecule has 1 aliphatic carbocycles. The van der Waals surface area contributed by atoms with Crippen LogP contribution in [0.5, 0.6) is 5.75 Å². The van der Waals surface area contributed by atoms with Gasteiger partial charge in [-0.3, -0.25) is 0 Å². The van der Waals surface area contributed by atoms with Crippen molar-refractivity contribution < 1.29 is 13.2 Å². The number of benzene rings is 4. The number of hydrogen-bond donors (Lipinski definition) is 2. The Balaban J connectivity index is 1.50. The summed E-state index contributed by atoms with van der Waals surface area (Å²) >= 11 is 0. The molecule has 0 spiro atoms. The summed E-state index contributed by atoms with van der Waals surface area (Å²) in [5.41, 5.74) is 9.26. The second kappa shape index (κ2) is 10.9. The van der Waals surface area contributed by atoms with Gasteiger partial charge in [0.1, 0.15) is 11.4 Å². The van der Waals surface area contributed by atoms with Gasteiger partial charge in [-0.2, -0.15) is 8.42 Å². The van der Waals surface area contributed by atoms with Gasteiger partial charge in [0.2, 0.25) is 5.96 Å². The monoisotopic (exact) mass is 593 g/mol. The predicted octanol–water partition coefficient (Wildman–Crippen LogP) is 7.27. The van der Waals surface area contributed by atoms with Crippen LogP contribution in [0.1, 0.15) is 70.0 Å². The van der Waals surface area contributed by atoms with Crippen LogP contribution in [0.2, 0.25) is 0 Å². The molecule has 0 unspecified atom stereocenters. The fourth-order valence-electron chi connectivity index (χ4n) is 6.56. The number of guanidine groups is 1. The summed E-state index contributed by atoms with van der Waals surface area (Å²) in [6, 6.07) is 24.3. The highest BCUT2D eigenvalue weighted by Crippen LogP contribution is 2.44. The second-order valence-corrected chi connectivity index (χ2v) is 14.0. The molecule has 0 fully saturated rings. The van der Waals surface area contributed by atoms with Gasteiger partial charge in [0.05, 0.1) is 10.9 Å². The maximum Gasteiger partial charge on any atom is 0.286 e. The fourth-order valence-corrected chi connectivity index (χ4v) is 8.04. The minimum Gasteiger partial charge on any atom is -0.487 e. The Bertz CT molecular complexity index is 1830. The Labute approximate surface area is 255 Å². The van der Waals surface area contributed by atoms with Crippen LogP contribution in [0.15, 0.2) is 82.1 Å². The first kappa shape index (κ1) is 29.0. The molecular formula is C36H39N3O3S. The van der Waals surface area contributed by atoms with E-state index in [1.165, 1.54) is 11.1 Å². The molecule has 7 heteroatoms. The molecule has 222 valence electrons. The quantitative estimate of drug-likeness (QED) is 0.192. The second-order valence-electron chi connectivity index (χ2n) is 12.4. The lowest BCUT2D eigenvalue weighted by Gasteiger charge is -2.24. The molecule has 43 heavy (non-hydrogen) atoms. The first-order chi connectivity index (χ1) is 20.4. The van der Waals surface area contributed by atoms with Crippen molar-refractivity contribution in [2.45, 2.75) is 77.3 Å². The van der Waals surface area contributed by atoms with Crippen LogP contribution in [-0.4, -0.2) is 20.0 Å². The van der Waals surface area contributed by atoms with E-state index in [0.29, 0.717) is 17.5 Å². The average Bonchev–Trinajstić information content (AvgIpc) is 3.21. The summed E-state index contributed by atoms with van der Waals surface area (Å²) in [6.07, 6.45) is 2.46. The fraction of sp³-hybridized carbons (Fsp3) is 0.306. The third-order valence-corrected chi connectivity index (χ3v) is 10.3. The molecule has 1 heterocycles. The third kappa shape index (κ3) is 5.54. The van der Waals surface area contributed by atoms with Gasteiger partial charge < -0.3 is 15.4 Å². The zero-order chi connectivity index (χ0) is 30.5. The molecule has 0 aromatic heterocycles. The molecule has 1 aliphatic heterocycles. The first-order valence-electron chi connectivity index (χ1n) is 14.9. The minimum atomic E-state index is -4.14. The van der Waals surface area contributed by atoms with Crippen LogP contribution >= 0.6 is 0 Å². The average molecular weight is 594 g/mol. The maximum atomic E-state index is 14.3. The number of nitrogens with zero attached hydrogens (tertiary/aromatic N) is 1. The van der Waals surface area contributed by atoms with E-state index in [0.717, 1.165) is 52.1 Å². The van der Waals surface area contributed by atoms with E-state index < -0.39 is 15.6 Å². The highest BCUT2D eigenvalue weighted by molar-refractivity contribution is 7.90. The van der Waals surface area contributed by atoms with Crippen molar-refractivity contribution in [3.63, 3.8) is 0 Å². The normalized spacial score (nSPS) is 16.0. The summed E-state index contributed by atoms with van der Waals surface area (Å²) < 4.78 is 39.5. The molecule has 0 radical (unpaired) electrons. The predicted molar refractivity (Wildman–Crippen MR) is 174 cm³/mol. The molecule has 0 amide bonds. The molecule has 4 aromatic carbocycles. The SMILES string of the molecule is Cc1cccc(N/C(=N/S(=O)(=O)c2c(C)c(C)c3c(c2C)CC(C)(C)O3)NC2c3ccccc3CCc3ccccc32)c1. The van der Waals surface area contributed by atoms with Crippen molar-refractivity contribution >= 4 is 21.7 Å². The standard InChI is InChI=1S/C36H39N3O3S/c1-22-12-11-15-28(20-22)37-35(38-32-29-16-9-7-13-26(29)18-19-27-14-8-10-17-30(27)32)39-43(40,41)34-24(3)23(2)33-31(25(34)4)21-36(5,6)42-33/h7-17,20,32H,18-19,21H2,1-6H3,(H2,37,38,39). The molecule has 0 saturated carbocycles. The molecule has 4 aromatic rings. The van der Waals surface area contributed by atoms with E-state index in [4.69, 9.17) is 4.74 Å². The number of aryl methyl sites for hydroxylation is 3. The van der Waals surface area contributed by atoms with Gasteiger partial charge in [-0.25, -0.2) is 0 Å². The van der Waals surface area contributed by atoms with E-state index in [1.54, 1.807) is 0 Å². The van der Waals surface area contributed by atoms with Crippen LogP contribution in [0.4, 0.5) is 5.69 Å². The van der Waals surface area contributed by atoms with E-state index in [-0.39, 0.29) is 16.9 Å². The van der Waals surface area contributed by atoms with Crippen molar-refractivity contribution in [2.24, 2.45) is 4.40 Å². The molecule has 0 bridgehead atoms. The van der Waals surface area contributed by atoms with Gasteiger partial charge in [0.25, 0.3) is 10.0 Å². The molecule has 0 saturated heterocycles. The lowest BCUT2D eigenvalue weighted by Crippen LogP contribution is -2.36. The number of hydrogen-bond acceptors (Lipinski definition) is 3. The first-order valence-corrected chi connectivity index (χ1v) is 16.3. The topological polar surface area (TPSA) is 79.8 Å². The summed E-state index contributed by atoms with van der Waals surface area (Å²) in [7, 11) is -4.14. The summed E-state index contributed by atoms with van der Waals surface area (Å²) in [4.78, 5) is 0.247. The highest BCUT2D eigenvalue weighted by Gasteiger charge is 2.37. The van der Waals surface area contributed by atoms with Crippen LogP contribution in [0.3, 0.4) is 0 Å². The van der Waals surface area contributed by atoms with Gasteiger partial charge in [-0.15, -0.1) is 4.40 Å². The number of ether oxygens (including phenoxy) is 1. The van der Waals surface area contributed by atoms with Gasteiger partial charge in [0, 0.05) is 17.7 Å². The molecule has 2 N–H and O–H groups in total. The number of nitrogens with one attached hydrogen (secondary N) is 2. The van der Waals surface area contributed by atoms with Gasteiger partial charge in [0.15, 0.2) is 0 Å². The Morgan fingerprint density at radius 1 is 0.837 bits per heavy atom. The molecular weight excluding hydrogens is 554 g/mol. The Morgan fingerprint density at radius 2 is 1.47 bits per heavy atom. The Hall–Kier alpha value is -4.10. The Kier molecular flexibility index (Phi) is 7.33. The zero-order valence-electron chi connectivity index (χ0n) is 25.7. The number of fused-ring (bicyclic) bond motifs is 3. The molecule has 0 atom stereocenters. The van der Waals surface area contributed by atoms with Crippen molar-refractivity contribution in [2.75, 3.05) is 5.32 Å². The van der Waals surface area contributed by atoms with Crippen molar-refractivity contribution in [1.82, 2.24) is 5.32 Å². The van der Waals surface area contributed by atoms with E-state index >= 15 is 0 Å². The van der Waals surface area contributed by atoms with Gasteiger partial charge >= 0.3 is 0 Å².